The minimum Gasteiger partial charge on any atom is -0.481 e. The molecule has 1 rings (SSSR count). The van der Waals surface area contributed by atoms with Gasteiger partial charge >= 0.3 is 23.9 Å². The first-order valence-corrected chi connectivity index (χ1v) is 13.3. The van der Waals surface area contributed by atoms with Crippen LogP contribution in [-0.4, -0.2) is 122 Å². The van der Waals surface area contributed by atoms with Crippen LogP contribution in [0.3, 0.4) is 0 Å². The molecule has 0 aliphatic carbocycles. The van der Waals surface area contributed by atoms with Gasteiger partial charge in [0.1, 0.15) is 12.3 Å². The number of hydrogen-bond donors (Lipinski definition) is 3. The topological polar surface area (TPSA) is 141 Å². The molecule has 0 aromatic rings. The molecule has 0 radical (unpaired) electrons. The number of carboxylic acids is 1. The van der Waals surface area contributed by atoms with Crippen molar-refractivity contribution in [2.24, 2.45) is 0 Å². The van der Waals surface area contributed by atoms with Crippen molar-refractivity contribution >= 4 is 23.9 Å². The zero-order valence-corrected chi connectivity index (χ0v) is 23.6. The maximum atomic E-state index is 13.0. The Morgan fingerprint density at radius 3 is 2.18 bits per heavy atom. The molecule has 1 saturated heterocycles. The fraction of sp³-hybridized carbons (Fsp3) is 0.769. The van der Waals surface area contributed by atoms with Gasteiger partial charge in [0.25, 0.3) is 0 Å². The monoisotopic (exact) mass is 541 g/mol. The summed E-state index contributed by atoms with van der Waals surface area (Å²) in [6.45, 7) is 15.6. The Bertz CT molecular complexity index is 784. The van der Waals surface area contributed by atoms with Crippen LogP contribution >= 0.6 is 0 Å². The smallest absolute Gasteiger partial charge is 0.334 e. The number of amides is 2. The van der Waals surface area contributed by atoms with Crippen molar-refractivity contribution in [3.05, 3.63) is 12.2 Å². The van der Waals surface area contributed by atoms with Crippen molar-refractivity contribution in [2.45, 2.75) is 59.0 Å². The second-order valence-corrected chi connectivity index (χ2v) is 10.5. The van der Waals surface area contributed by atoms with Gasteiger partial charge in [-0.1, -0.05) is 13.0 Å². The summed E-state index contributed by atoms with van der Waals surface area (Å²) >= 11 is 0. The van der Waals surface area contributed by atoms with Crippen LogP contribution in [0.4, 0.5) is 4.79 Å². The third-order valence-electron chi connectivity index (χ3n) is 5.71. The van der Waals surface area contributed by atoms with Gasteiger partial charge in [-0.2, -0.15) is 0 Å². The first-order chi connectivity index (χ1) is 17.9. The van der Waals surface area contributed by atoms with E-state index in [0.717, 1.165) is 0 Å². The summed E-state index contributed by atoms with van der Waals surface area (Å²) in [6.07, 6.45) is 2.09. The van der Waals surface area contributed by atoms with E-state index < -0.39 is 17.5 Å². The molecule has 0 aromatic carbocycles. The summed E-state index contributed by atoms with van der Waals surface area (Å²) in [5.74, 6) is -1.59. The molecule has 1 aliphatic heterocycles. The Hall–Kier alpha value is -2.70. The molecule has 38 heavy (non-hydrogen) atoms. The van der Waals surface area contributed by atoms with E-state index in [0.29, 0.717) is 83.7 Å². The number of urea groups is 1. The van der Waals surface area contributed by atoms with Crippen molar-refractivity contribution in [3.63, 3.8) is 0 Å². The van der Waals surface area contributed by atoms with Crippen LogP contribution in [0.2, 0.25) is 0 Å². The van der Waals surface area contributed by atoms with Crippen molar-refractivity contribution < 1.29 is 33.8 Å². The van der Waals surface area contributed by atoms with Crippen molar-refractivity contribution in [1.29, 1.82) is 0 Å². The van der Waals surface area contributed by atoms with Gasteiger partial charge in [-0.15, -0.1) is 0 Å². The minimum absolute atomic E-state index is 0.0944. The summed E-state index contributed by atoms with van der Waals surface area (Å²) in [7, 11) is 0. The van der Waals surface area contributed by atoms with Gasteiger partial charge in [0.15, 0.2) is 0 Å². The Balaban J connectivity index is 2.79. The second kappa shape index (κ2) is 17.7. The SMILES string of the molecule is C=C(C)C(=O)OCN1CCNCCN(CC(=O)OC(C)(C)C)CCN(C(=O)NCCCCCC(=O)O)CC1. The van der Waals surface area contributed by atoms with Crippen LogP contribution in [0.1, 0.15) is 53.4 Å². The van der Waals surface area contributed by atoms with E-state index in [4.69, 9.17) is 14.6 Å². The number of unbranched alkanes of at least 4 members (excludes halogenated alkanes) is 2. The number of carboxylic acid groups (broad SMARTS) is 1. The molecule has 12 nitrogen and oxygen atoms in total. The third kappa shape index (κ3) is 16.2. The first-order valence-electron chi connectivity index (χ1n) is 13.3. The van der Waals surface area contributed by atoms with Crippen LogP contribution in [0.5, 0.6) is 0 Å². The predicted molar refractivity (Wildman–Crippen MR) is 144 cm³/mol. The highest BCUT2D eigenvalue weighted by molar-refractivity contribution is 5.86. The van der Waals surface area contributed by atoms with Crippen molar-refractivity contribution in [1.82, 2.24) is 25.3 Å². The maximum Gasteiger partial charge on any atom is 0.334 e. The molecular formula is C26H47N5O7. The molecule has 0 atom stereocenters. The quantitative estimate of drug-likeness (QED) is 0.199. The van der Waals surface area contributed by atoms with E-state index in [1.807, 2.05) is 30.6 Å². The average molecular weight is 542 g/mol. The number of esters is 2. The summed E-state index contributed by atoms with van der Waals surface area (Å²) in [5.41, 5.74) is -0.248. The molecule has 3 N–H and O–H groups in total. The molecule has 1 aliphatic rings. The molecule has 0 unspecified atom stereocenters. The standard InChI is InChI=1S/C26H47N5O7/c1-21(2)24(35)37-20-30-14-12-27-11-13-29(19-23(34)38-26(3,4)5)15-17-31(18-16-30)25(36)28-10-8-6-7-9-22(32)33/h27H,1,6-20H2,2-5H3,(H,28,36)(H,32,33). The van der Waals surface area contributed by atoms with Crippen LogP contribution in [0.15, 0.2) is 12.2 Å². The molecule has 1 heterocycles. The van der Waals surface area contributed by atoms with E-state index in [9.17, 15) is 19.2 Å². The number of rotatable bonds is 11. The number of hydrogen-bond acceptors (Lipinski definition) is 9. The highest BCUT2D eigenvalue weighted by atomic mass is 16.6. The van der Waals surface area contributed by atoms with E-state index in [-0.39, 0.29) is 31.7 Å². The lowest BCUT2D eigenvalue weighted by atomic mass is 10.2. The summed E-state index contributed by atoms with van der Waals surface area (Å²) < 4.78 is 10.8. The normalized spacial score (nSPS) is 16.6. The lowest BCUT2D eigenvalue weighted by Gasteiger charge is -2.31. The first kappa shape index (κ1) is 33.3. The third-order valence-corrected chi connectivity index (χ3v) is 5.71. The molecule has 0 spiro atoms. The van der Waals surface area contributed by atoms with Crippen molar-refractivity contribution in [3.8, 4) is 0 Å². The summed E-state index contributed by atoms with van der Waals surface area (Å²) in [5, 5.41) is 15.0. The van der Waals surface area contributed by atoms with E-state index in [2.05, 4.69) is 17.2 Å². The molecule has 2 amide bonds. The molecule has 218 valence electrons. The number of carbonyl (C=O) groups excluding carboxylic acids is 3. The molecular weight excluding hydrogens is 494 g/mol. The Kier molecular flexibility index (Phi) is 15.6. The maximum absolute atomic E-state index is 13.0. The van der Waals surface area contributed by atoms with Gasteiger partial charge in [0.2, 0.25) is 0 Å². The number of nitrogens with zero attached hydrogens (tertiary/aromatic N) is 3. The number of carbonyl (C=O) groups is 4. The second-order valence-electron chi connectivity index (χ2n) is 10.5. The highest BCUT2D eigenvalue weighted by Gasteiger charge is 2.22. The van der Waals surface area contributed by atoms with Gasteiger partial charge in [-0.25, -0.2) is 9.59 Å². The minimum atomic E-state index is -0.821. The van der Waals surface area contributed by atoms with Gasteiger partial charge in [-0.05, 0) is 40.5 Å². The molecule has 0 bridgehead atoms. The zero-order valence-electron chi connectivity index (χ0n) is 23.6. The van der Waals surface area contributed by atoms with Gasteiger partial charge in [0.05, 0.1) is 6.54 Å². The fourth-order valence-electron chi connectivity index (χ4n) is 3.66. The van der Waals surface area contributed by atoms with Crippen LogP contribution in [0, 0.1) is 0 Å². The highest BCUT2D eigenvalue weighted by Crippen LogP contribution is 2.08. The van der Waals surface area contributed by atoms with Gasteiger partial charge in [-0.3, -0.25) is 19.4 Å². The zero-order chi connectivity index (χ0) is 28.6. The van der Waals surface area contributed by atoms with E-state index >= 15 is 0 Å². The van der Waals surface area contributed by atoms with Crippen LogP contribution < -0.4 is 10.6 Å². The van der Waals surface area contributed by atoms with E-state index in [1.165, 1.54) is 0 Å². The average Bonchev–Trinajstić information content (AvgIpc) is 2.80. The molecule has 12 heteroatoms. The molecule has 1 fully saturated rings. The number of nitrogens with one attached hydrogen (secondary N) is 2. The summed E-state index contributed by atoms with van der Waals surface area (Å²) in [6, 6.07) is -0.227. The lowest BCUT2D eigenvalue weighted by Crippen LogP contribution is -2.50. The predicted octanol–water partition coefficient (Wildman–Crippen LogP) is 1.27. The van der Waals surface area contributed by atoms with Crippen LogP contribution in [-0.2, 0) is 23.9 Å². The lowest BCUT2D eigenvalue weighted by molar-refractivity contribution is -0.156. The molecule has 0 aromatic heterocycles. The molecule has 0 saturated carbocycles. The number of ether oxygens (including phenoxy) is 2. The Morgan fingerprint density at radius 2 is 1.58 bits per heavy atom. The van der Waals surface area contributed by atoms with Gasteiger partial charge < -0.3 is 30.1 Å². The largest absolute Gasteiger partial charge is 0.481 e. The number of aliphatic carboxylic acids is 1. The van der Waals surface area contributed by atoms with Gasteiger partial charge in [0, 0.05) is 70.9 Å². The summed E-state index contributed by atoms with van der Waals surface area (Å²) in [4.78, 5) is 53.6. The van der Waals surface area contributed by atoms with Crippen molar-refractivity contribution in [2.75, 3.05) is 72.2 Å². The van der Waals surface area contributed by atoms with E-state index in [1.54, 1.807) is 11.8 Å². The fourth-order valence-corrected chi connectivity index (χ4v) is 3.66. The van der Waals surface area contributed by atoms with Crippen LogP contribution in [0.25, 0.3) is 0 Å². The Labute approximate surface area is 226 Å². The Morgan fingerprint density at radius 1 is 0.947 bits per heavy atom.